The van der Waals surface area contributed by atoms with Crippen molar-refractivity contribution < 1.29 is 9.53 Å². The number of aromatic nitrogens is 2. The van der Waals surface area contributed by atoms with Gasteiger partial charge in [-0.3, -0.25) is 4.79 Å². The van der Waals surface area contributed by atoms with Crippen LogP contribution in [0.2, 0.25) is 5.02 Å². The molecular weight excluding hydrogens is 422 g/mol. The molecule has 1 aromatic heterocycles. The van der Waals surface area contributed by atoms with Crippen LogP contribution >= 0.6 is 11.6 Å². The first-order valence-corrected chi connectivity index (χ1v) is 11.0. The highest BCUT2D eigenvalue weighted by atomic mass is 35.5. The van der Waals surface area contributed by atoms with Crippen LogP contribution in [0.1, 0.15) is 30.4 Å². The van der Waals surface area contributed by atoms with E-state index < -0.39 is 0 Å². The Hall–Kier alpha value is -3.57. The van der Waals surface area contributed by atoms with Gasteiger partial charge in [-0.05, 0) is 48.9 Å². The molecule has 0 spiro atoms. The Morgan fingerprint density at radius 2 is 1.75 bits per heavy atom. The number of halogens is 1. The number of nitrogens with one attached hydrogen (secondary N) is 1. The van der Waals surface area contributed by atoms with Gasteiger partial charge in [-0.2, -0.15) is 5.10 Å². The fraction of sp³-hybridized carbons (Fsp3) is 0.154. The summed E-state index contributed by atoms with van der Waals surface area (Å²) in [6.45, 7) is 2.57. The molecule has 0 fully saturated rings. The van der Waals surface area contributed by atoms with Crippen LogP contribution in [0, 0.1) is 0 Å². The number of para-hydroxylation sites is 1. The van der Waals surface area contributed by atoms with Crippen LogP contribution in [0.4, 0.5) is 5.82 Å². The van der Waals surface area contributed by atoms with E-state index in [0.717, 1.165) is 33.8 Å². The van der Waals surface area contributed by atoms with Gasteiger partial charge in [0.2, 0.25) is 5.91 Å². The monoisotopic (exact) mass is 443 g/mol. The maximum absolute atomic E-state index is 12.8. The van der Waals surface area contributed by atoms with Crippen LogP contribution in [-0.2, 0) is 4.79 Å². The molecular formula is C26H22ClN3O2. The number of rotatable bonds is 5. The number of ether oxygens (including phenoxy) is 1. The molecule has 1 N–H and O–H groups in total. The molecule has 160 valence electrons. The van der Waals surface area contributed by atoms with Gasteiger partial charge >= 0.3 is 0 Å². The standard InChI is InChI=1S/C26H22ClN3O2/c1-2-32-21-14-10-17(11-15-21)22-16-23(31)28-26-24(22)25(18-8-12-19(27)13-9-18)29-30(26)20-6-4-3-5-7-20/h3-15,22H,2,16H2,1H3,(H,28,31). The molecule has 5 nitrogen and oxygen atoms in total. The topological polar surface area (TPSA) is 56.1 Å². The van der Waals surface area contributed by atoms with Crippen molar-refractivity contribution in [1.29, 1.82) is 0 Å². The van der Waals surface area contributed by atoms with Gasteiger partial charge < -0.3 is 10.1 Å². The van der Waals surface area contributed by atoms with E-state index in [1.54, 1.807) is 0 Å². The normalized spacial score (nSPS) is 15.2. The van der Waals surface area contributed by atoms with Gasteiger partial charge in [0.1, 0.15) is 11.6 Å². The Bertz CT molecular complexity index is 1250. The molecule has 6 heteroatoms. The Labute approximate surface area is 191 Å². The second kappa shape index (κ2) is 8.52. The van der Waals surface area contributed by atoms with Crippen molar-refractivity contribution in [3.8, 4) is 22.7 Å². The molecule has 0 aliphatic carbocycles. The predicted octanol–water partition coefficient (Wildman–Crippen LogP) is 6.07. The van der Waals surface area contributed by atoms with Crippen LogP contribution in [0.25, 0.3) is 16.9 Å². The Balaban J connectivity index is 1.70. The van der Waals surface area contributed by atoms with Gasteiger partial charge in [0.05, 0.1) is 18.0 Å². The van der Waals surface area contributed by atoms with E-state index >= 15 is 0 Å². The van der Waals surface area contributed by atoms with Crippen molar-refractivity contribution in [2.24, 2.45) is 0 Å². The highest BCUT2D eigenvalue weighted by Crippen LogP contribution is 2.44. The molecule has 1 aliphatic heterocycles. The van der Waals surface area contributed by atoms with Crippen molar-refractivity contribution in [1.82, 2.24) is 9.78 Å². The minimum Gasteiger partial charge on any atom is -0.494 e. The number of carbonyl (C=O) groups is 1. The molecule has 1 aliphatic rings. The van der Waals surface area contributed by atoms with Gasteiger partial charge in [0.25, 0.3) is 0 Å². The third-order valence-electron chi connectivity index (χ3n) is 5.63. The number of amides is 1. The van der Waals surface area contributed by atoms with E-state index in [4.69, 9.17) is 21.4 Å². The lowest BCUT2D eigenvalue weighted by atomic mass is 9.84. The predicted molar refractivity (Wildman–Crippen MR) is 127 cm³/mol. The fourth-order valence-electron chi connectivity index (χ4n) is 4.18. The van der Waals surface area contributed by atoms with Crippen LogP contribution in [0.3, 0.4) is 0 Å². The first kappa shape index (κ1) is 20.3. The average Bonchev–Trinajstić information content (AvgIpc) is 3.20. The Morgan fingerprint density at radius 1 is 1.03 bits per heavy atom. The van der Waals surface area contributed by atoms with Gasteiger partial charge in [-0.25, -0.2) is 4.68 Å². The van der Waals surface area contributed by atoms with Crippen LogP contribution < -0.4 is 10.1 Å². The first-order valence-electron chi connectivity index (χ1n) is 10.6. The van der Waals surface area contributed by atoms with Crippen molar-refractivity contribution in [2.75, 3.05) is 11.9 Å². The highest BCUT2D eigenvalue weighted by molar-refractivity contribution is 6.30. The third kappa shape index (κ3) is 3.76. The van der Waals surface area contributed by atoms with Crippen molar-refractivity contribution in [2.45, 2.75) is 19.3 Å². The number of fused-ring (bicyclic) bond motifs is 1. The lowest BCUT2D eigenvalue weighted by molar-refractivity contribution is -0.116. The van der Waals surface area contributed by atoms with E-state index in [-0.39, 0.29) is 11.8 Å². The number of hydrogen-bond acceptors (Lipinski definition) is 3. The largest absolute Gasteiger partial charge is 0.494 e. The maximum Gasteiger partial charge on any atom is 0.226 e. The molecule has 0 radical (unpaired) electrons. The summed E-state index contributed by atoms with van der Waals surface area (Å²) in [5.74, 6) is 1.36. The molecule has 5 rings (SSSR count). The summed E-state index contributed by atoms with van der Waals surface area (Å²) in [6.07, 6.45) is 0.349. The van der Waals surface area contributed by atoms with Crippen LogP contribution in [0.15, 0.2) is 78.9 Å². The number of nitrogens with zero attached hydrogens (tertiary/aromatic N) is 2. The highest BCUT2D eigenvalue weighted by Gasteiger charge is 2.34. The molecule has 1 amide bonds. The zero-order valence-electron chi connectivity index (χ0n) is 17.6. The Morgan fingerprint density at radius 3 is 2.44 bits per heavy atom. The van der Waals surface area contributed by atoms with Gasteiger partial charge in [0, 0.05) is 28.5 Å². The summed E-state index contributed by atoms with van der Waals surface area (Å²) in [6, 6.07) is 25.4. The lowest BCUT2D eigenvalue weighted by Gasteiger charge is -2.25. The van der Waals surface area contributed by atoms with E-state index in [1.165, 1.54) is 0 Å². The van der Waals surface area contributed by atoms with Crippen molar-refractivity contribution >= 4 is 23.3 Å². The molecule has 0 bridgehead atoms. The van der Waals surface area contributed by atoms with Gasteiger partial charge in [-0.15, -0.1) is 0 Å². The quantitative estimate of drug-likeness (QED) is 0.407. The minimum atomic E-state index is -0.127. The lowest BCUT2D eigenvalue weighted by Crippen LogP contribution is -2.24. The van der Waals surface area contributed by atoms with Gasteiger partial charge in [0.15, 0.2) is 0 Å². The summed E-state index contributed by atoms with van der Waals surface area (Å²) in [5.41, 5.74) is 4.72. The molecule has 1 unspecified atom stereocenters. The summed E-state index contributed by atoms with van der Waals surface area (Å²) in [7, 11) is 0. The number of hydrogen-bond donors (Lipinski definition) is 1. The van der Waals surface area contributed by atoms with Gasteiger partial charge in [-0.1, -0.05) is 54.1 Å². The average molecular weight is 444 g/mol. The second-order valence-electron chi connectivity index (χ2n) is 7.67. The van der Waals surface area contributed by atoms with E-state index in [0.29, 0.717) is 23.9 Å². The molecule has 0 saturated carbocycles. The van der Waals surface area contributed by atoms with Crippen LogP contribution in [-0.4, -0.2) is 22.3 Å². The Kier molecular flexibility index (Phi) is 5.41. The van der Waals surface area contributed by atoms with E-state index in [9.17, 15) is 4.79 Å². The van der Waals surface area contributed by atoms with Crippen molar-refractivity contribution in [3.05, 3.63) is 95.0 Å². The zero-order chi connectivity index (χ0) is 22.1. The molecule has 32 heavy (non-hydrogen) atoms. The third-order valence-corrected chi connectivity index (χ3v) is 5.88. The first-order chi connectivity index (χ1) is 15.6. The zero-order valence-corrected chi connectivity index (χ0v) is 18.3. The van der Waals surface area contributed by atoms with Crippen LogP contribution in [0.5, 0.6) is 5.75 Å². The number of benzene rings is 3. The van der Waals surface area contributed by atoms with E-state index in [2.05, 4.69) is 5.32 Å². The maximum atomic E-state index is 12.8. The SMILES string of the molecule is CCOc1ccc(C2CC(=O)Nc3c2c(-c2ccc(Cl)cc2)nn3-c2ccccc2)cc1. The molecule has 4 aromatic rings. The summed E-state index contributed by atoms with van der Waals surface area (Å²) in [5, 5.41) is 8.69. The summed E-state index contributed by atoms with van der Waals surface area (Å²) >= 11 is 6.13. The summed E-state index contributed by atoms with van der Waals surface area (Å²) in [4.78, 5) is 12.8. The fourth-order valence-corrected chi connectivity index (χ4v) is 4.30. The molecule has 0 saturated heterocycles. The number of anilines is 1. The number of carbonyl (C=O) groups excluding carboxylic acids is 1. The molecule has 1 atom stereocenters. The van der Waals surface area contributed by atoms with Crippen molar-refractivity contribution in [3.63, 3.8) is 0 Å². The molecule has 2 heterocycles. The summed E-state index contributed by atoms with van der Waals surface area (Å²) < 4.78 is 7.41. The minimum absolute atomic E-state index is 0.0314. The smallest absolute Gasteiger partial charge is 0.226 e. The molecule has 3 aromatic carbocycles. The van der Waals surface area contributed by atoms with E-state index in [1.807, 2.05) is 90.5 Å². The second-order valence-corrected chi connectivity index (χ2v) is 8.11.